The fourth-order valence-electron chi connectivity index (χ4n) is 0.293. The molecule has 0 aliphatic carbocycles. The van der Waals surface area contributed by atoms with Crippen LogP contribution in [0.1, 0.15) is 0 Å². The molecule has 0 aromatic carbocycles. The number of halogens is 4. The van der Waals surface area contributed by atoms with Gasteiger partial charge in [0.25, 0.3) is 13.4 Å². The van der Waals surface area contributed by atoms with Gasteiger partial charge in [0.2, 0.25) is 0 Å². The van der Waals surface area contributed by atoms with Gasteiger partial charge in [-0.1, -0.05) is 11.4 Å². The van der Waals surface area contributed by atoms with E-state index in [1.165, 1.54) is 0 Å². The molecule has 0 amide bonds. The average Bonchev–Trinajstić information content (AvgIpc) is 1.57. The Balaban J connectivity index is 4.01. The molecule has 0 radical (unpaired) electrons. The van der Waals surface area contributed by atoms with Gasteiger partial charge in [0.15, 0.2) is 0 Å². The molecule has 0 atom stereocenters. The fourth-order valence-corrected chi connectivity index (χ4v) is 4.90. The van der Waals surface area contributed by atoms with Crippen molar-refractivity contribution in [3.8, 4) is 0 Å². The van der Waals surface area contributed by atoms with Crippen molar-refractivity contribution in [1.82, 2.24) is 0 Å². The van der Waals surface area contributed by atoms with Gasteiger partial charge in [-0.05, 0) is 13.1 Å². The maximum atomic E-state index is 5.76. The first kappa shape index (κ1) is 11.3. The summed E-state index contributed by atoms with van der Waals surface area (Å²) in [5, 5.41) is 0. The van der Waals surface area contributed by atoms with E-state index in [4.69, 9.17) is 44.3 Å². The predicted octanol–water partition coefficient (Wildman–Crippen LogP) is 3.72. The zero-order valence-corrected chi connectivity index (χ0v) is 10.7. The summed E-state index contributed by atoms with van der Waals surface area (Å²) in [6.07, 6.45) is 0. The van der Waals surface area contributed by atoms with Crippen LogP contribution in [0.5, 0.6) is 0 Å². The summed E-state index contributed by atoms with van der Waals surface area (Å²) in [4.78, 5) is 0. The quantitative estimate of drug-likeness (QED) is 0.520. The second-order valence-electron chi connectivity index (χ2n) is 2.25. The maximum absolute atomic E-state index is 5.76. The zero-order valence-electron chi connectivity index (χ0n) is 5.67. The van der Waals surface area contributed by atoms with Crippen molar-refractivity contribution in [2.24, 2.45) is 0 Å². The first-order valence-electron chi connectivity index (χ1n) is 2.67. The molecule has 0 aliphatic heterocycles. The Kier molecular flexibility index (Phi) is 4.34. The molecule has 60 valence electrons. The lowest BCUT2D eigenvalue weighted by Gasteiger charge is -2.05. The van der Waals surface area contributed by atoms with Crippen LogP contribution in [-0.4, -0.2) is 13.4 Å². The third-order valence-corrected chi connectivity index (χ3v) is 4.02. The van der Waals surface area contributed by atoms with Crippen molar-refractivity contribution in [1.29, 1.82) is 0 Å². The first-order chi connectivity index (χ1) is 4.21. The lowest BCUT2D eigenvalue weighted by atomic mass is 11.2. The van der Waals surface area contributed by atoms with Crippen molar-refractivity contribution < 1.29 is 0 Å². The SMILES string of the molecule is C[Si](Cl)(Cl)C=C[Si](C)(Cl)Cl. The van der Waals surface area contributed by atoms with E-state index in [-0.39, 0.29) is 0 Å². The molecule has 0 heterocycles. The van der Waals surface area contributed by atoms with Crippen molar-refractivity contribution in [3.05, 3.63) is 11.4 Å². The van der Waals surface area contributed by atoms with Crippen LogP contribution in [0, 0.1) is 0 Å². The summed E-state index contributed by atoms with van der Waals surface area (Å²) in [7, 11) is 0. The highest BCUT2D eigenvalue weighted by molar-refractivity contribution is 7.50. The normalized spacial score (nSPS) is 14.6. The van der Waals surface area contributed by atoms with Crippen LogP contribution in [0.2, 0.25) is 13.1 Å². The summed E-state index contributed by atoms with van der Waals surface area (Å²) >= 11 is 23.0. The minimum Gasteiger partial charge on any atom is -0.141 e. The number of rotatable bonds is 2. The standard InChI is InChI=1S/C4H8Cl4Si2/c1-9(5,6)3-4-10(2,7)8/h3-4H,1-2H3. The number of hydrogen-bond donors (Lipinski definition) is 0. The van der Waals surface area contributed by atoms with E-state index in [9.17, 15) is 0 Å². The van der Waals surface area contributed by atoms with Gasteiger partial charge in [-0.3, -0.25) is 0 Å². The summed E-state index contributed by atoms with van der Waals surface area (Å²) in [5.41, 5.74) is 3.48. The molecule has 0 saturated heterocycles. The summed E-state index contributed by atoms with van der Waals surface area (Å²) in [6, 6.07) is 0. The van der Waals surface area contributed by atoms with Gasteiger partial charge in [-0.25, -0.2) is 0 Å². The highest BCUT2D eigenvalue weighted by Gasteiger charge is 2.21. The second kappa shape index (κ2) is 3.83. The molecule has 0 unspecified atom stereocenters. The maximum Gasteiger partial charge on any atom is 0.270 e. The Morgan fingerprint density at radius 1 is 0.800 bits per heavy atom. The predicted molar refractivity (Wildman–Crippen MR) is 55.8 cm³/mol. The van der Waals surface area contributed by atoms with Crippen molar-refractivity contribution in [2.45, 2.75) is 13.1 Å². The van der Waals surface area contributed by atoms with E-state index in [0.717, 1.165) is 0 Å². The van der Waals surface area contributed by atoms with E-state index >= 15 is 0 Å². The summed E-state index contributed by atoms with van der Waals surface area (Å²) < 4.78 is 0. The van der Waals surface area contributed by atoms with Crippen LogP contribution in [-0.2, 0) is 0 Å². The topological polar surface area (TPSA) is 0 Å². The van der Waals surface area contributed by atoms with Crippen LogP contribution < -0.4 is 0 Å². The van der Waals surface area contributed by atoms with E-state index in [2.05, 4.69) is 0 Å². The molecule has 0 N–H and O–H groups in total. The van der Waals surface area contributed by atoms with Gasteiger partial charge in [-0.15, -0.1) is 44.3 Å². The second-order valence-corrected chi connectivity index (χ2v) is 17.3. The van der Waals surface area contributed by atoms with Crippen LogP contribution in [0.4, 0.5) is 0 Å². The third kappa shape index (κ3) is 9.33. The Bertz CT molecular complexity index is 115. The van der Waals surface area contributed by atoms with Gasteiger partial charge in [0.1, 0.15) is 0 Å². The average molecular weight is 254 g/mol. The number of hydrogen-bond acceptors (Lipinski definition) is 0. The van der Waals surface area contributed by atoms with Gasteiger partial charge in [0, 0.05) is 0 Å². The minimum atomic E-state index is -2.14. The van der Waals surface area contributed by atoms with Gasteiger partial charge < -0.3 is 0 Å². The molecule has 0 aromatic rings. The molecule has 0 spiro atoms. The molecule has 0 rings (SSSR count). The molecular weight excluding hydrogens is 246 g/mol. The molecule has 0 saturated carbocycles. The largest absolute Gasteiger partial charge is 0.270 e. The smallest absolute Gasteiger partial charge is 0.141 e. The molecule has 0 bridgehead atoms. The van der Waals surface area contributed by atoms with Gasteiger partial charge in [-0.2, -0.15) is 0 Å². The molecule has 0 aliphatic rings. The Morgan fingerprint density at radius 2 is 1.00 bits per heavy atom. The Labute approximate surface area is 81.9 Å². The molecule has 6 heteroatoms. The lowest BCUT2D eigenvalue weighted by molar-refractivity contribution is 2.10. The van der Waals surface area contributed by atoms with Crippen LogP contribution in [0.25, 0.3) is 0 Å². The van der Waals surface area contributed by atoms with Gasteiger partial charge >= 0.3 is 0 Å². The molecule has 10 heavy (non-hydrogen) atoms. The Morgan fingerprint density at radius 3 is 1.10 bits per heavy atom. The van der Waals surface area contributed by atoms with Crippen molar-refractivity contribution in [3.63, 3.8) is 0 Å². The highest BCUT2D eigenvalue weighted by atomic mass is 35.7. The summed E-state index contributed by atoms with van der Waals surface area (Å²) in [5.74, 6) is 0. The third-order valence-electron chi connectivity index (χ3n) is 0.669. The molecule has 0 aromatic heterocycles. The van der Waals surface area contributed by atoms with Gasteiger partial charge in [0.05, 0.1) is 0 Å². The summed E-state index contributed by atoms with van der Waals surface area (Å²) in [6.45, 7) is -0.690. The van der Waals surface area contributed by atoms with E-state index in [1.54, 1.807) is 24.5 Å². The minimum absolute atomic E-state index is 1.74. The van der Waals surface area contributed by atoms with Crippen LogP contribution in [0.15, 0.2) is 11.4 Å². The highest BCUT2D eigenvalue weighted by Crippen LogP contribution is 2.20. The fraction of sp³-hybridized carbons (Fsp3) is 0.500. The monoisotopic (exact) mass is 252 g/mol. The molecule has 0 fully saturated rings. The lowest BCUT2D eigenvalue weighted by Crippen LogP contribution is -2.14. The van der Waals surface area contributed by atoms with Crippen molar-refractivity contribution >= 4 is 57.7 Å². The van der Waals surface area contributed by atoms with E-state index in [1.807, 2.05) is 0 Å². The Hall–Kier alpha value is 1.33. The zero-order chi connectivity index (χ0) is 8.41. The van der Waals surface area contributed by atoms with Crippen LogP contribution >= 0.6 is 44.3 Å². The van der Waals surface area contributed by atoms with E-state index < -0.39 is 13.4 Å². The molecular formula is C4H8Cl4Si2. The van der Waals surface area contributed by atoms with Crippen LogP contribution in [0.3, 0.4) is 0 Å². The first-order valence-corrected chi connectivity index (χ1v) is 11.9. The van der Waals surface area contributed by atoms with E-state index in [0.29, 0.717) is 0 Å². The van der Waals surface area contributed by atoms with Crippen molar-refractivity contribution in [2.75, 3.05) is 0 Å². The molecule has 0 nitrogen and oxygen atoms in total.